The Labute approximate surface area is 150 Å². The predicted molar refractivity (Wildman–Crippen MR) is 100 cm³/mol. The first kappa shape index (κ1) is 18.0. The summed E-state index contributed by atoms with van der Waals surface area (Å²) in [5, 5.41) is 6.73. The highest BCUT2D eigenvalue weighted by atomic mass is 16.5. The van der Waals surface area contributed by atoms with Gasteiger partial charge in [0.1, 0.15) is 5.75 Å². The largest absolute Gasteiger partial charge is 0.497 e. The lowest BCUT2D eigenvalue weighted by atomic mass is 10.2. The Morgan fingerprint density at radius 3 is 3.16 bits per heavy atom. The average Bonchev–Trinajstić information content (AvgIpc) is 3.12. The van der Waals surface area contributed by atoms with Crippen molar-refractivity contribution in [2.75, 3.05) is 39.9 Å². The number of hydrogen-bond acceptors (Lipinski definition) is 4. The molecular formula is C19H30N4O2. The summed E-state index contributed by atoms with van der Waals surface area (Å²) in [6.07, 6.45) is 2.82. The van der Waals surface area contributed by atoms with Gasteiger partial charge in [-0.15, -0.1) is 0 Å². The van der Waals surface area contributed by atoms with Crippen molar-refractivity contribution in [2.45, 2.75) is 38.5 Å². The minimum atomic E-state index is 0.232. The van der Waals surface area contributed by atoms with Crippen molar-refractivity contribution in [3.05, 3.63) is 29.8 Å². The van der Waals surface area contributed by atoms with E-state index in [2.05, 4.69) is 33.5 Å². The molecule has 0 aromatic heterocycles. The molecule has 2 saturated heterocycles. The lowest BCUT2D eigenvalue weighted by molar-refractivity contribution is -0.0453. The van der Waals surface area contributed by atoms with Crippen LogP contribution in [0, 0.1) is 0 Å². The predicted octanol–water partition coefficient (Wildman–Crippen LogP) is 1.61. The molecule has 0 spiro atoms. The summed E-state index contributed by atoms with van der Waals surface area (Å²) >= 11 is 0. The van der Waals surface area contributed by atoms with E-state index in [1.807, 2.05) is 18.2 Å². The van der Waals surface area contributed by atoms with Crippen molar-refractivity contribution < 1.29 is 9.47 Å². The Kier molecular flexibility index (Phi) is 6.53. The quantitative estimate of drug-likeness (QED) is 0.605. The first-order valence-electron chi connectivity index (χ1n) is 9.29. The van der Waals surface area contributed by atoms with E-state index in [1.165, 1.54) is 19.4 Å². The maximum absolute atomic E-state index is 6.01. The minimum Gasteiger partial charge on any atom is -0.497 e. The van der Waals surface area contributed by atoms with Crippen molar-refractivity contribution in [3.63, 3.8) is 0 Å². The third-order valence-corrected chi connectivity index (χ3v) is 4.86. The SMILES string of the molecule is CCNC(=NCc1cccc(OC)c1)NCC1CN2CCCC2CO1. The Morgan fingerprint density at radius 1 is 1.40 bits per heavy atom. The smallest absolute Gasteiger partial charge is 0.191 e. The first-order chi connectivity index (χ1) is 12.3. The number of nitrogens with zero attached hydrogens (tertiary/aromatic N) is 2. The third-order valence-electron chi connectivity index (χ3n) is 4.86. The maximum atomic E-state index is 6.01. The van der Waals surface area contributed by atoms with E-state index in [9.17, 15) is 0 Å². The summed E-state index contributed by atoms with van der Waals surface area (Å²) < 4.78 is 11.3. The van der Waals surface area contributed by atoms with Gasteiger partial charge in [-0.3, -0.25) is 4.90 Å². The standard InChI is InChI=1S/C19H30N4O2/c1-3-20-19(21-11-15-6-4-8-17(10-15)24-2)22-12-18-13-23-9-5-7-16(23)14-25-18/h4,6,8,10,16,18H,3,5,7,9,11-14H2,1-2H3,(H2,20,21,22). The van der Waals surface area contributed by atoms with Crippen LogP contribution in [0.2, 0.25) is 0 Å². The number of fused-ring (bicyclic) bond motifs is 1. The molecule has 2 aliphatic rings. The Balaban J connectivity index is 1.51. The lowest BCUT2D eigenvalue weighted by Crippen LogP contribution is -2.51. The highest BCUT2D eigenvalue weighted by molar-refractivity contribution is 5.79. The average molecular weight is 346 g/mol. The van der Waals surface area contributed by atoms with Crippen LogP contribution in [-0.2, 0) is 11.3 Å². The van der Waals surface area contributed by atoms with Crippen LogP contribution in [0.1, 0.15) is 25.3 Å². The van der Waals surface area contributed by atoms with Crippen LogP contribution >= 0.6 is 0 Å². The second-order valence-electron chi connectivity index (χ2n) is 6.67. The van der Waals surface area contributed by atoms with Crippen molar-refractivity contribution in [1.29, 1.82) is 0 Å². The zero-order valence-corrected chi connectivity index (χ0v) is 15.3. The summed E-state index contributed by atoms with van der Waals surface area (Å²) in [4.78, 5) is 7.25. The number of morpholine rings is 1. The van der Waals surface area contributed by atoms with E-state index in [4.69, 9.17) is 9.47 Å². The van der Waals surface area contributed by atoms with E-state index in [1.54, 1.807) is 7.11 Å². The van der Waals surface area contributed by atoms with Gasteiger partial charge in [0.2, 0.25) is 0 Å². The first-order valence-corrected chi connectivity index (χ1v) is 9.29. The van der Waals surface area contributed by atoms with Crippen molar-refractivity contribution in [3.8, 4) is 5.75 Å². The lowest BCUT2D eigenvalue weighted by Gasteiger charge is -2.35. The topological polar surface area (TPSA) is 58.1 Å². The zero-order valence-electron chi connectivity index (χ0n) is 15.3. The van der Waals surface area contributed by atoms with Gasteiger partial charge in [0.25, 0.3) is 0 Å². The number of guanidine groups is 1. The minimum absolute atomic E-state index is 0.232. The molecule has 0 saturated carbocycles. The molecule has 0 bridgehead atoms. The number of rotatable bonds is 6. The molecule has 2 N–H and O–H groups in total. The van der Waals surface area contributed by atoms with Crippen LogP contribution in [0.25, 0.3) is 0 Å². The fourth-order valence-corrected chi connectivity index (χ4v) is 3.50. The number of benzene rings is 1. The molecule has 2 atom stereocenters. The third kappa shape index (κ3) is 5.09. The number of aliphatic imine (C=N–C) groups is 1. The van der Waals surface area contributed by atoms with Crippen LogP contribution in [0.3, 0.4) is 0 Å². The van der Waals surface area contributed by atoms with Crippen LogP contribution in [-0.4, -0.2) is 62.9 Å². The molecule has 1 aromatic rings. The number of nitrogens with one attached hydrogen (secondary N) is 2. The molecule has 2 unspecified atom stereocenters. The Bertz CT molecular complexity index is 578. The van der Waals surface area contributed by atoms with Crippen LogP contribution in [0.4, 0.5) is 0 Å². The molecule has 2 aliphatic heterocycles. The molecule has 0 amide bonds. The fourth-order valence-electron chi connectivity index (χ4n) is 3.50. The monoisotopic (exact) mass is 346 g/mol. The zero-order chi connectivity index (χ0) is 17.5. The molecule has 1 aromatic carbocycles. The van der Waals surface area contributed by atoms with Gasteiger partial charge in [0, 0.05) is 25.7 Å². The second kappa shape index (κ2) is 9.06. The van der Waals surface area contributed by atoms with Crippen molar-refractivity contribution >= 4 is 5.96 Å². The van der Waals surface area contributed by atoms with E-state index in [0.29, 0.717) is 12.6 Å². The summed E-state index contributed by atoms with van der Waals surface area (Å²) in [6, 6.07) is 8.67. The molecule has 0 radical (unpaired) electrons. The Hall–Kier alpha value is -1.79. The van der Waals surface area contributed by atoms with Gasteiger partial charge in [0.05, 0.1) is 26.4 Å². The number of hydrogen-bond donors (Lipinski definition) is 2. The van der Waals surface area contributed by atoms with Gasteiger partial charge < -0.3 is 20.1 Å². The molecule has 3 rings (SSSR count). The molecular weight excluding hydrogens is 316 g/mol. The van der Waals surface area contributed by atoms with Crippen molar-refractivity contribution in [1.82, 2.24) is 15.5 Å². The molecule has 2 fully saturated rings. The number of ether oxygens (including phenoxy) is 2. The van der Waals surface area contributed by atoms with Gasteiger partial charge in [0.15, 0.2) is 5.96 Å². The summed E-state index contributed by atoms with van der Waals surface area (Å²) in [6.45, 7) is 7.42. The van der Waals surface area contributed by atoms with E-state index < -0.39 is 0 Å². The Morgan fingerprint density at radius 2 is 2.32 bits per heavy atom. The summed E-state index contributed by atoms with van der Waals surface area (Å²) in [7, 11) is 1.68. The van der Waals surface area contributed by atoms with Gasteiger partial charge in [-0.05, 0) is 44.0 Å². The molecule has 6 heteroatoms. The molecule has 6 nitrogen and oxygen atoms in total. The van der Waals surface area contributed by atoms with E-state index >= 15 is 0 Å². The highest BCUT2D eigenvalue weighted by Crippen LogP contribution is 2.22. The second-order valence-corrected chi connectivity index (χ2v) is 6.67. The van der Waals surface area contributed by atoms with Gasteiger partial charge in [-0.1, -0.05) is 12.1 Å². The summed E-state index contributed by atoms with van der Waals surface area (Å²) in [5.74, 6) is 1.69. The molecule has 0 aliphatic carbocycles. The fraction of sp³-hybridized carbons (Fsp3) is 0.632. The van der Waals surface area contributed by atoms with Crippen LogP contribution in [0.15, 0.2) is 29.3 Å². The molecule has 25 heavy (non-hydrogen) atoms. The van der Waals surface area contributed by atoms with Crippen LogP contribution in [0.5, 0.6) is 5.75 Å². The van der Waals surface area contributed by atoms with Gasteiger partial charge in [-0.2, -0.15) is 0 Å². The normalized spacial score (nSPS) is 24.0. The number of methoxy groups -OCH3 is 1. The van der Waals surface area contributed by atoms with Gasteiger partial charge >= 0.3 is 0 Å². The van der Waals surface area contributed by atoms with Gasteiger partial charge in [-0.25, -0.2) is 4.99 Å². The van der Waals surface area contributed by atoms with E-state index in [0.717, 1.165) is 43.5 Å². The van der Waals surface area contributed by atoms with Crippen LogP contribution < -0.4 is 15.4 Å². The van der Waals surface area contributed by atoms with Crippen molar-refractivity contribution in [2.24, 2.45) is 4.99 Å². The highest BCUT2D eigenvalue weighted by Gasteiger charge is 2.32. The summed E-state index contributed by atoms with van der Waals surface area (Å²) in [5.41, 5.74) is 1.13. The molecule has 2 heterocycles. The molecule has 138 valence electrons. The maximum Gasteiger partial charge on any atom is 0.191 e. The van der Waals surface area contributed by atoms with E-state index in [-0.39, 0.29) is 6.10 Å².